The standard InChI is InChI=1S/C86H104F6O10/c1-3-5-7-9-23-29-63-97-75-55-47-69(48-56-75)67-39-43-71(44-40-67)81(93)99-77-59-51-73(52-60-77)83(95)101-79(85(87,88)89)33-27-21-17-13-11-15-19-25-31-65-35-37-66(38-36-65)32-26-20-16-12-14-18-22-28-34-80(86(90,91)92)102-84(96)74-53-61-78(62-54-74)100-82(94)72-45-41-68(42-46-72)70-49-57-76(58-50-70)98-64-30-24-10-8-6-4-2/h35-62,79-80H,3-34,63-64H2,1-2H3/t79-,80+. The van der Waals surface area contributed by atoms with Gasteiger partial charge < -0.3 is 28.4 Å². The summed E-state index contributed by atoms with van der Waals surface area (Å²) in [5.41, 5.74) is 6.74. The Kier molecular flexibility index (Phi) is 35.6. The van der Waals surface area contributed by atoms with E-state index in [1.807, 2.05) is 72.8 Å². The van der Waals surface area contributed by atoms with Gasteiger partial charge in [-0.1, -0.05) is 228 Å². The summed E-state index contributed by atoms with van der Waals surface area (Å²) in [5.74, 6) is -1.58. The molecule has 0 saturated carbocycles. The molecule has 7 aromatic rings. The molecule has 0 aliphatic carbocycles. The summed E-state index contributed by atoms with van der Waals surface area (Å²) < 4.78 is 117. The Labute approximate surface area is 600 Å². The first-order valence-electron chi connectivity index (χ1n) is 37.4. The quantitative estimate of drug-likeness (QED) is 0.0158. The predicted octanol–water partition coefficient (Wildman–Crippen LogP) is 24.6. The highest BCUT2D eigenvalue weighted by Gasteiger charge is 2.43. The average molecular weight is 1410 g/mol. The van der Waals surface area contributed by atoms with Crippen LogP contribution in [0.4, 0.5) is 26.3 Å². The minimum atomic E-state index is -4.72. The molecule has 0 aliphatic rings. The van der Waals surface area contributed by atoms with Crippen LogP contribution in [0.15, 0.2) is 170 Å². The van der Waals surface area contributed by atoms with Gasteiger partial charge in [-0.3, -0.25) is 0 Å². The second-order valence-corrected chi connectivity index (χ2v) is 26.7. The first kappa shape index (κ1) is 80.9. The van der Waals surface area contributed by atoms with Crippen LogP contribution in [0.5, 0.6) is 23.0 Å². The highest BCUT2D eigenvalue weighted by Crippen LogP contribution is 2.32. The molecule has 0 fully saturated rings. The van der Waals surface area contributed by atoms with E-state index >= 15 is 0 Å². The van der Waals surface area contributed by atoms with Crippen molar-refractivity contribution in [2.24, 2.45) is 0 Å². The zero-order valence-electron chi connectivity index (χ0n) is 59.7. The van der Waals surface area contributed by atoms with Gasteiger partial charge in [0.15, 0.2) is 12.2 Å². The van der Waals surface area contributed by atoms with Gasteiger partial charge in [0.1, 0.15) is 23.0 Å². The molecule has 0 saturated heterocycles. The molecule has 0 unspecified atom stereocenters. The van der Waals surface area contributed by atoms with E-state index < -0.39 is 48.4 Å². The number of carbonyl (C=O) groups is 4. The summed E-state index contributed by atoms with van der Waals surface area (Å²) in [6.07, 6.45) is 15.2. The zero-order valence-corrected chi connectivity index (χ0v) is 59.7. The Hall–Kier alpha value is -8.40. The number of alkyl halides is 6. The molecule has 0 bridgehead atoms. The highest BCUT2D eigenvalue weighted by atomic mass is 19.4. The first-order chi connectivity index (χ1) is 49.4. The van der Waals surface area contributed by atoms with Crippen molar-refractivity contribution in [3.05, 3.63) is 203 Å². The van der Waals surface area contributed by atoms with E-state index in [0.29, 0.717) is 37.2 Å². The normalized spacial score (nSPS) is 12.2. The Balaban J connectivity index is 0.668. The van der Waals surface area contributed by atoms with Gasteiger partial charge in [0.25, 0.3) is 0 Å². The maximum absolute atomic E-state index is 14.0. The molecule has 102 heavy (non-hydrogen) atoms. The molecule has 16 heteroatoms. The van der Waals surface area contributed by atoms with E-state index in [2.05, 4.69) is 38.1 Å². The molecule has 0 spiro atoms. The maximum atomic E-state index is 14.0. The molecule has 0 aromatic heterocycles. The minimum absolute atomic E-state index is 0.0864. The Morgan fingerprint density at radius 3 is 0.833 bits per heavy atom. The topological polar surface area (TPSA) is 124 Å². The lowest BCUT2D eigenvalue weighted by Crippen LogP contribution is -2.33. The molecule has 0 amide bonds. The molecule has 550 valence electrons. The highest BCUT2D eigenvalue weighted by molar-refractivity contribution is 5.94. The number of esters is 4. The van der Waals surface area contributed by atoms with Crippen molar-refractivity contribution in [3.8, 4) is 45.3 Å². The van der Waals surface area contributed by atoms with Gasteiger partial charge in [-0.15, -0.1) is 0 Å². The van der Waals surface area contributed by atoms with Crippen molar-refractivity contribution >= 4 is 23.9 Å². The van der Waals surface area contributed by atoms with E-state index in [-0.39, 0.29) is 48.3 Å². The van der Waals surface area contributed by atoms with Crippen LogP contribution in [0.1, 0.15) is 259 Å². The van der Waals surface area contributed by atoms with Gasteiger partial charge in [0.05, 0.1) is 35.5 Å². The molecular weight excluding hydrogens is 1310 g/mol. The van der Waals surface area contributed by atoms with Gasteiger partial charge in [-0.25, -0.2) is 19.2 Å². The minimum Gasteiger partial charge on any atom is -0.494 e. The Bertz CT molecular complexity index is 3270. The summed E-state index contributed by atoms with van der Waals surface area (Å²) in [7, 11) is 0. The molecule has 2 atom stereocenters. The lowest BCUT2D eigenvalue weighted by atomic mass is 10.0. The molecule has 0 N–H and O–H groups in total. The number of halogens is 6. The van der Waals surface area contributed by atoms with E-state index in [1.54, 1.807) is 24.3 Å². The maximum Gasteiger partial charge on any atom is 0.425 e. The van der Waals surface area contributed by atoms with Gasteiger partial charge >= 0.3 is 36.2 Å². The predicted molar refractivity (Wildman–Crippen MR) is 392 cm³/mol. The number of rotatable bonds is 48. The van der Waals surface area contributed by atoms with Crippen LogP contribution >= 0.6 is 0 Å². The number of hydrogen-bond acceptors (Lipinski definition) is 10. The molecule has 0 aliphatic heterocycles. The largest absolute Gasteiger partial charge is 0.494 e. The van der Waals surface area contributed by atoms with Crippen LogP contribution in [0.2, 0.25) is 0 Å². The molecule has 0 radical (unpaired) electrons. The monoisotopic (exact) mass is 1410 g/mol. The summed E-state index contributed by atoms with van der Waals surface area (Å²) in [4.78, 5) is 51.6. The van der Waals surface area contributed by atoms with Crippen molar-refractivity contribution in [1.29, 1.82) is 0 Å². The molecular formula is C86H104F6O10. The number of benzene rings is 7. The lowest BCUT2D eigenvalue weighted by Gasteiger charge is -2.20. The number of carbonyl (C=O) groups excluding carboxylic acids is 4. The SMILES string of the molecule is CCCCCCCCOc1ccc(-c2ccc(C(=O)Oc3ccc(C(=O)O[C@@H](CCCCCCCCCCc4ccc(CCCCCCCCCC[C@@H](OC(=O)c5ccc(OC(=O)c6ccc(-c7ccc(OCCCCCCCC)cc7)cc6)cc5)C(F)(F)F)cc4)C(F)(F)F)cc3)cc2)cc1. The Morgan fingerprint density at radius 2 is 0.529 bits per heavy atom. The third-order valence-corrected chi connectivity index (χ3v) is 18.4. The van der Waals surface area contributed by atoms with Gasteiger partial charge in [-0.2, -0.15) is 26.3 Å². The fraction of sp³-hybridized carbons (Fsp3) is 0.465. The van der Waals surface area contributed by atoms with Gasteiger partial charge in [0.2, 0.25) is 0 Å². The van der Waals surface area contributed by atoms with E-state index in [0.717, 1.165) is 149 Å². The number of unbranched alkanes of at least 4 members (excludes halogenated alkanes) is 24. The zero-order chi connectivity index (χ0) is 72.6. The number of aryl methyl sites for hydroxylation is 2. The van der Waals surface area contributed by atoms with E-state index in [9.17, 15) is 45.5 Å². The lowest BCUT2D eigenvalue weighted by molar-refractivity contribution is -0.206. The third kappa shape index (κ3) is 30.3. The summed E-state index contributed by atoms with van der Waals surface area (Å²) in [6, 6.07) is 48.7. The number of ether oxygens (including phenoxy) is 6. The average Bonchev–Trinajstić information content (AvgIpc) is 0.851. The van der Waals surface area contributed by atoms with Crippen LogP contribution in [-0.2, 0) is 22.3 Å². The van der Waals surface area contributed by atoms with Crippen LogP contribution < -0.4 is 18.9 Å². The second kappa shape index (κ2) is 44.9. The summed E-state index contributed by atoms with van der Waals surface area (Å²) in [6.45, 7) is 5.77. The van der Waals surface area contributed by atoms with Crippen molar-refractivity contribution in [1.82, 2.24) is 0 Å². The van der Waals surface area contributed by atoms with Crippen molar-refractivity contribution < 1.29 is 73.9 Å². The summed E-state index contributed by atoms with van der Waals surface area (Å²) in [5, 5.41) is 0. The molecule has 7 rings (SSSR count). The fourth-order valence-corrected chi connectivity index (χ4v) is 12.2. The van der Waals surface area contributed by atoms with Gasteiger partial charge in [0, 0.05) is 0 Å². The molecule has 0 heterocycles. The van der Waals surface area contributed by atoms with Crippen molar-refractivity contribution in [3.63, 3.8) is 0 Å². The summed E-state index contributed by atoms with van der Waals surface area (Å²) >= 11 is 0. The van der Waals surface area contributed by atoms with Crippen LogP contribution in [0.25, 0.3) is 22.3 Å². The first-order valence-corrected chi connectivity index (χ1v) is 37.4. The Morgan fingerprint density at radius 1 is 0.284 bits per heavy atom. The van der Waals surface area contributed by atoms with Crippen molar-refractivity contribution in [2.75, 3.05) is 13.2 Å². The van der Waals surface area contributed by atoms with Gasteiger partial charge in [-0.05, 0) is 195 Å². The van der Waals surface area contributed by atoms with Crippen LogP contribution in [-0.4, -0.2) is 61.7 Å². The fourth-order valence-electron chi connectivity index (χ4n) is 12.2. The van der Waals surface area contributed by atoms with Crippen LogP contribution in [0.3, 0.4) is 0 Å². The van der Waals surface area contributed by atoms with E-state index in [1.165, 1.54) is 111 Å². The third-order valence-electron chi connectivity index (χ3n) is 18.4. The second-order valence-electron chi connectivity index (χ2n) is 26.7. The molecule has 10 nitrogen and oxygen atoms in total. The van der Waals surface area contributed by atoms with E-state index in [4.69, 9.17) is 28.4 Å². The van der Waals surface area contributed by atoms with Crippen molar-refractivity contribution in [2.45, 2.75) is 244 Å². The number of hydrogen-bond donors (Lipinski definition) is 0. The van der Waals surface area contributed by atoms with Crippen LogP contribution in [0, 0.1) is 0 Å². The smallest absolute Gasteiger partial charge is 0.425 e. The molecule has 7 aromatic carbocycles.